The van der Waals surface area contributed by atoms with Gasteiger partial charge in [-0.1, -0.05) is 13.0 Å². The third-order valence-electron chi connectivity index (χ3n) is 4.88. The van der Waals surface area contributed by atoms with Gasteiger partial charge < -0.3 is 14.3 Å². The number of nitrogens with zero attached hydrogens (tertiary/aromatic N) is 2. The number of hydrogen-bond donors (Lipinski definition) is 1. The van der Waals surface area contributed by atoms with Crippen LogP contribution in [0.1, 0.15) is 42.2 Å². The van der Waals surface area contributed by atoms with Crippen LogP contribution < -0.4 is 5.32 Å². The maximum atomic E-state index is 14.4. The highest BCUT2D eigenvalue weighted by Crippen LogP contribution is 2.47. The lowest BCUT2D eigenvalue weighted by atomic mass is 10.2. The van der Waals surface area contributed by atoms with Crippen LogP contribution in [0.5, 0.6) is 0 Å². The van der Waals surface area contributed by atoms with Crippen LogP contribution in [0.3, 0.4) is 0 Å². The van der Waals surface area contributed by atoms with Crippen LogP contribution in [0.15, 0.2) is 47.1 Å². The van der Waals surface area contributed by atoms with Gasteiger partial charge in [-0.25, -0.2) is 9.37 Å². The number of nitrogens with one attached hydrogen (secondary N) is 1. The number of benzene rings is 1. The van der Waals surface area contributed by atoms with E-state index in [9.17, 15) is 4.39 Å². The lowest BCUT2D eigenvalue weighted by Crippen LogP contribution is -2.12. The Bertz CT molecular complexity index is 883. The molecule has 2 aromatic heterocycles. The molecular formula is C20H22FN3O. The van der Waals surface area contributed by atoms with Crippen LogP contribution in [0.25, 0.3) is 5.69 Å². The van der Waals surface area contributed by atoms with Crippen molar-refractivity contribution in [2.45, 2.75) is 39.3 Å². The molecule has 2 unspecified atom stereocenters. The van der Waals surface area contributed by atoms with Crippen molar-refractivity contribution < 1.29 is 8.81 Å². The highest BCUT2D eigenvalue weighted by Gasteiger charge is 2.36. The molecule has 1 aliphatic rings. The van der Waals surface area contributed by atoms with E-state index in [1.807, 2.05) is 19.1 Å². The third-order valence-corrected chi connectivity index (χ3v) is 4.88. The monoisotopic (exact) mass is 339 g/mol. The minimum Gasteiger partial charge on any atom is -0.464 e. The fraction of sp³-hybridized carbons (Fsp3) is 0.350. The summed E-state index contributed by atoms with van der Waals surface area (Å²) in [5.41, 5.74) is 1.43. The molecule has 0 spiro atoms. The largest absolute Gasteiger partial charge is 0.464 e. The number of furan rings is 1. The highest BCUT2D eigenvalue weighted by molar-refractivity contribution is 5.37. The van der Waals surface area contributed by atoms with E-state index in [0.717, 1.165) is 28.8 Å². The summed E-state index contributed by atoms with van der Waals surface area (Å²) in [6.07, 6.45) is 4.66. The number of halogens is 1. The predicted molar refractivity (Wildman–Crippen MR) is 94.0 cm³/mol. The summed E-state index contributed by atoms with van der Waals surface area (Å²) in [5, 5.41) is 3.32. The Morgan fingerprint density at radius 2 is 2.12 bits per heavy atom. The van der Waals surface area contributed by atoms with E-state index in [-0.39, 0.29) is 5.82 Å². The second-order valence-electron chi connectivity index (χ2n) is 6.86. The van der Waals surface area contributed by atoms with E-state index < -0.39 is 0 Å². The molecule has 3 aromatic rings. The molecule has 0 amide bonds. The van der Waals surface area contributed by atoms with Crippen molar-refractivity contribution in [3.8, 4) is 5.69 Å². The van der Waals surface area contributed by atoms with Gasteiger partial charge in [-0.05, 0) is 49.1 Å². The molecule has 1 fully saturated rings. The number of aryl methyl sites for hydroxylation is 1. The molecule has 1 aromatic carbocycles. The van der Waals surface area contributed by atoms with Gasteiger partial charge in [-0.15, -0.1) is 0 Å². The van der Waals surface area contributed by atoms with Crippen molar-refractivity contribution >= 4 is 0 Å². The van der Waals surface area contributed by atoms with Gasteiger partial charge in [-0.3, -0.25) is 0 Å². The van der Waals surface area contributed by atoms with Crippen LogP contribution in [-0.2, 0) is 13.1 Å². The fourth-order valence-electron chi connectivity index (χ4n) is 3.23. The highest BCUT2D eigenvalue weighted by atomic mass is 19.1. The minimum atomic E-state index is -0.247. The molecule has 25 heavy (non-hydrogen) atoms. The predicted octanol–water partition coefficient (Wildman–Crippen LogP) is 4.33. The van der Waals surface area contributed by atoms with E-state index in [2.05, 4.69) is 23.3 Å². The van der Waals surface area contributed by atoms with Gasteiger partial charge in [-0.2, -0.15) is 0 Å². The zero-order valence-corrected chi connectivity index (χ0v) is 14.5. The summed E-state index contributed by atoms with van der Waals surface area (Å²) < 4.78 is 22.0. The second kappa shape index (κ2) is 6.48. The fourth-order valence-corrected chi connectivity index (χ4v) is 3.23. The summed E-state index contributed by atoms with van der Waals surface area (Å²) in [6, 6.07) is 9.40. The maximum absolute atomic E-state index is 14.4. The first-order valence-corrected chi connectivity index (χ1v) is 8.70. The third kappa shape index (κ3) is 3.37. The molecule has 1 saturated carbocycles. The lowest BCUT2D eigenvalue weighted by Gasteiger charge is -2.09. The molecule has 5 heteroatoms. The standard InChI is InChI=1S/C20H22FN3O/c1-13-9-17(13)20-6-4-16(25-20)12-22-11-15-3-5-19(18(21)10-15)24-8-7-23-14(24)2/h3-8,10,13,17,22H,9,11-12H2,1-2H3. The molecule has 0 saturated heterocycles. The van der Waals surface area contributed by atoms with Crippen LogP contribution in [0.2, 0.25) is 0 Å². The van der Waals surface area contributed by atoms with E-state index in [1.54, 1.807) is 29.1 Å². The van der Waals surface area contributed by atoms with Crippen LogP contribution in [-0.4, -0.2) is 9.55 Å². The average Bonchev–Trinajstić information content (AvgIpc) is 2.97. The molecule has 4 nitrogen and oxygen atoms in total. The van der Waals surface area contributed by atoms with Gasteiger partial charge in [0.1, 0.15) is 23.2 Å². The Balaban J connectivity index is 1.36. The zero-order valence-electron chi connectivity index (χ0n) is 14.5. The summed E-state index contributed by atoms with van der Waals surface area (Å²) in [7, 11) is 0. The number of aromatic nitrogens is 2. The first kappa shape index (κ1) is 16.1. The number of hydrogen-bond acceptors (Lipinski definition) is 3. The summed E-state index contributed by atoms with van der Waals surface area (Å²) in [5.74, 6) is 3.89. The smallest absolute Gasteiger partial charge is 0.147 e. The van der Waals surface area contributed by atoms with Gasteiger partial charge in [0.25, 0.3) is 0 Å². The second-order valence-corrected chi connectivity index (χ2v) is 6.86. The maximum Gasteiger partial charge on any atom is 0.147 e. The Hall–Kier alpha value is -2.40. The molecule has 4 rings (SSSR count). The Morgan fingerprint density at radius 3 is 2.80 bits per heavy atom. The van der Waals surface area contributed by atoms with Crippen molar-refractivity contribution in [3.63, 3.8) is 0 Å². The molecule has 2 heterocycles. The molecule has 2 atom stereocenters. The molecule has 130 valence electrons. The summed E-state index contributed by atoms with van der Waals surface area (Å²) in [4.78, 5) is 4.14. The average molecular weight is 339 g/mol. The topological polar surface area (TPSA) is 43.0 Å². The molecule has 1 aliphatic carbocycles. The molecule has 1 N–H and O–H groups in total. The van der Waals surface area contributed by atoms with Crippen molar-refractivity contribution in [3.05, 3.63) is 71.5 Å². The van der Waals surface area contributed by atoms with E-state index >= 15 is 0 Å². The SMILES string of the molecule is Cc1nccn1-c1ccc(CNCc2ccc(C3CC3C)o2)cc1F. The van der Waals surface area contributed by atoms with Gasteiger partial charge in [0, 0.05) is 24.9 Å². The van der Waals surface area contributed by atoms with Gasteiger partial charge in [0.2, 0.25) is 0 Å². The van der Waals surface area contributed by atoms with E-state index in [4.69, 9.17) is 4.42 Å². The normalized spacial score (nSPS) is 19.3. The quantitative estimate of drug-likeness (QED) is 0.727. The van der Waals surface area contributed by atoms with Gasteiger partial charge in [0.05, 0.1) is 12.2 Å². The number of imidazole rings is 1. The number of rotatable bonds is 6. The Morgan fingerprint density at radius 1 is 1.28 bits per heavy atom. The van der Waals surface area contributed by atoms with Crippen molar-refractivity contribution in [2.75, 3.05) is 0 Å². The van der Waals surface area contributed by atoms with E-state index in [1.165, 1.54) is 6.42 Å². The summed E-state index contributed by atoms with van der Waals surface area (Å²) >= 11 is 0. The first-order valence-electron chi connectivity index (χ1n) is 8.70. The molecular weight excluding hydrogens is 317 g/mol. The van der Waals surface area contributed by atoms with Gasteiger partial charge >= 0.3 is 0 Å². The Kier molecular flexibility index (Phi) is 4.17. The molecule has 0 aliphatic heterocycles. The summed E-state index contributed by atoms with van der Waals surface area (Å²) in [6.45, 7) is 5.34. The van der Waals surface area contributed by atoms with Crippen molar-refractivity contribution in [2.24, 2.45) is 5.92 Å². The zero-order chi connectivity index (χ0) is 17.4. The first-order chi connectivity index (χ1) is 12.1. The van der Waals surface area contributed by atoms with Gasteiger partial charge in [0.15, 0.2) is 0 Å². The van der Waals surface area contributed by atoms with Crippen molar-refractivity contribution in [1.82, 2.24) is 14.9 Å². The van der Waals surface area contributed by atoms with Crippen LogP contribution in [0.4, 0.5) is 4.39 Å². The van der Waals surface area contributed by atoms with Crippen LogP contribution in [0, 0.1) is 18.7 Å². The Labute approximate surface area is 146 Å². The minimum absolute atomic E-state index is 0.247. The van der Waals surface area contributed by atoms with Crippen molar-refractivity contribution in [1.29, 1.82) is 0 Å². The lowest BCUT2D eigenvalue weighted by molar-refractivity contribution is 0.444. The molecule has 0 bridgehead atoms. The van der Waals surface area contributed by atoms with Crippen LogP contribution >= 0.6 is 0 Å². The molecule has 0 radical (unpaired) electrons. The van der Waals surface area contributed by atoms with E-state index in [0.29, 0.717) is 24.7 Å².